The van der Waals surface area contributed by atoms with Crippen LogP contribution in [-0.2, 0) is 38.0 Å². The number of nitrogens with one attached hydrogen (secondary N) is 1. The van der Waals surface area contributed by atoms with E-state index in [1.807, 2.05) is 42.5 Å². The Labute approximate surface area is 255 Å². The number of nitrogens with zero attached hydrogens (tertiary/aromatic N) is 2. The maximum atomic E-state index is 14.9. The van der Waals surface area contributed by atoms with Crippen molar-refractivity contribution in [3.05, 3.63) is 101 Å². The Kier molecular flexibility index (Phi) is 10.3. The molecule has 4 rings (SSSR count). The number of carbonyl (C=O) groups is 2. The van der Waals surface area contributed by atoms with Gasteiger partial charge in [-0.05, 0) is 47.6 Å². The van der Waals surface area contributed by atoms with Gasteiger partial charge in [0.25, 0.3) is 0 Å². The van der Waals surface area contributed by atoms with E-state index in [1.54, 1.807) is 30.3 Å². The largest absolute Gasteiger partial charge is 0.352 e. The molecule has 0 heterocycles. The molecule has 3 aromatic rings. The third kappa shape index (κ3) is 8.66. The molecule has 0 spiro atoms. The van der Waals surface area contributed by atoms with Gasteiger partial charge in [-0.3, -0.25) is 13.9 Å². The molecule has 7 nitrogen and oxygen atoms in total. The quantitative estimate of drug-likeness (QED) is 0.308. The summed E-state index contributed by atoms with van der Waals surface area (Å²) >= 11 is 0. The molecule has 1 aliphatic carbocycles. The van der Waals surface area contributed by atoms with Crippen molar-refractivity contribution in [2.75, 3.05) is 17.1 Å². The second-order valence-electron chi connectivity index (χ2n) is 12.4. The van der Waals surface area contributed by atoms with E-state index in [-0.39, 0.29) is 35.9 Å². The van der Waals surface area contributed by atoms with Crippen LogP contribution in [-0.4, -0.2) is 50.0 Å². The van der Waals surface area contributed by atoms with Gasteiger partial charge in [-0.25, -0.2) is 12.8 Å². The number of amides is 2. The van der Waals surface area contributed by atoms with Crippen LogP contribution in [0.4, 0.5) is 10.1 Å². The van der Waals surface area contributed by atoms with Crippen LogP contribution in [0.3, 0.4) is 0 Å². The SMILES string of the molecule is CC(C)(C)c1ccc(N(CC(=O)N(Cc2ccccc2F)C(Cc2ccccc2)C(=O)NC2CCCC2)S(C)(=O)=O)cc1. The van der Waals surface area contributed by atoms with Crippen LogP contribution in [0.25, 0.3) is 0 Å². The van der Waals surface area contributed by atoms with Crippen molar-refractivity contribution in [1.82, 2.24) is 10.2 Å². The number of rotatable bonds is 11. The van der Waals surface area contributed by atoms with Crippen LogP contribution in [0.1, 0.15) is 63.1 Å². The van der Waals surface area contributed by atoms with Crippen molar-refractivity contribution in [3.8, 4) is 0 Å². The standard InChI is InChI=1S/C34H42FN3O4S/c1-34(2,3)27-18-20-29(21-19-27)38(43(4,41)42)24-32(39)37(23-26-14-8-11-17-30(26)35)31(22-25-12-6-5-7-13-25)33(40)36-28-15-9-10-16-28/h5-8,11-14,17-21,28,31H,9-10,15-16,22-24H2,1-4H3,(H,36,40). The maximum Gasteiger partial charge on any atom is 0.244 e. The highest BCUT2D eigenvalue weighted by atomic mass is 32.2. The number of halogens is 1. The Morgan fingerprint density at radius 3 is 2.12 bits per heavy atom. The molecule has 0 aliphatic heterocycles. The molecule has 0 saturated heterocycles. The van der Waals surface area contributed by atoms with Gasteiger partial charge in [-0.15, -0.1) is 0 Å². The lowest BCUT2D eigenvalue weighted by Gasteiger charge is -2.34. The Bertz CT molecular complexity index is 1500. The minimum absolute atomic E-state index is 0.00466. The average molecular weight is 608 g/mol. The molecule has 1 fully saturated rings. The van der Waals surface area contributed by atoms with Crippen LogP contribution < -0.4 is 9.62 Å². The smallest absolute Gasteiger partial charge is 0.244 e. The van der Waals surface area contributed by atoms with Crippen LogP contribution in [0, 0.1) is 5.82 Å². The summed E-state index contributed by atoms with van der Waals surface area (Å²) in [6.07, 6.45) is 4.99. The Morgan fingerprint density at radius 2 is 1.53 bits per heavy atom. The third-order valence-electron chi connectivity index (χ3n) is 7.97. The Hall–Kier alpha value is -3.72. The molecule has 1 saturated carbocycles. The summed E-state index contributed by atoms with van der Waals surface area (Å²) in [6, 6.07) is 21.5. The summed E-state index contributed by atoms with van der Waals surface area (Å²) < 4.78 is 42.0. The highest BCUT2D eigenvalue weighted by Gasteiger charge is 2.34. The molecule has 1 atom stereocenters. The molecule has 0 bridgehead atoms. The van der Waals surface area contributed by atoms with Crippen LogP contribution in [0.5, 0.6) is 0 Å². The van der Waals surface area contributed by atoms with Gasteiger partial charge in [-0.1, -0.05) is 94.3 Å². The van der Waals surface area contributed by atoms with E-state index in [1.165, 1.54) is 11.0 Å². The summed E-state index contributed by atoms with van der Waals surface area (Å²) in [5.41, 5.74) is 2.28. The second-order valence-corrected chi connectivity index (χ2v) is 14.3. The lowest BCUT2D eigenvalue weighted by molar-refractivity contribution is -0.140. The molecular weight excluding hydrogens is 565 g/mol. The van der Waals surface area contributed by atoms with Gasteiger partial charge in [0.2, 0.25) is 21.8 Å². The van der Waals surface area contributed by atoms with Crippen molar-refractivity contribution >= 4 is 27.5 Å². The number of hydrogen-bond acceptors (Lipinski definition) is 4. The molecule has 2 amide bonds. The van der Waals surface area contributed by atoms with Gasteiger partial charge < -0.3 is 10.2 Å². The van der Waals surface area contributed by atoms with E-state index >= 15 is 0 Å². The molecular formula is C34H42FN3O4S. The summed E-state index contributed by atoms with van der Waals surface area (Å²) in [5.74, 6) is -1.44. The zero-order valence-corrected chi connectivity index (χ0v) is 26.2. The first-order chi connectivity index (χ1) is 20.3. The predicted octanol–water partition coefficient (Wildman–Crippen LogP) is 5.59. The first-order valence-corrected chi connectivity index (χ1v) is 16.6. The normalized spacial score (nSPS) is 14.7. The molecule has 1 N–H and O–H groups in total. The van der Waals surface area contributed by atoms with Crippen molar-refractivity contribution < 1.29 is 22.4 Å². The van der Waals surface area contributed by atoms with Crippen molar-refractivity contribution in [3.63, 3.8) is 0 Å². The molecule has 230 valence electrons. The Balaban J connectivity index is 1.72. The van der Waals surface area contributed by atoms with Crippen molar-refractivity contribution in [2.24, 2.45) is 0 Å². The van der Waals surface area contributed by atoms with E-state index < -0.39 is 34.3 Å². The van der Waals surface area contributed by atoms with E-state index in [2.05, 4.69) is 26.1 Å². The first kappa shape index (κ1) is 32.2. The van der Waals surface area contributed by atoms with Gasteiger partial charge in [-0.2, -0.15) is 0 Å². The van der Waals surface area contributed by atoms with E-state index in [0.29, 0.717) is 5.69 Å². The molecule has 1 unspecified atom stereocenters. The lowest BCUT2D eigenvalue weighted by Crippen LogP contribution is -2.54. The Morgan fingerprint density at radius 1 is 0.930 bits per heavy atom. The lowest BCUT2D eigenvalue weighted by atomic mass is 9.87. The van der Waals surface area contributed by atoms with Crippen LogP contribution in [0.15, 0.2) is 78.9 Å². The zero-order chi connectivity index (χ0) is 31.2. The molecule has 1 aliphatic rings. The number of benzene rings is 3. The first-order valence-electron chi connectivity index (χ1n) is 14.8. The van der Waals surface area contributed by atoms with Gasteiger partial charge in [0.1, 0.15) is 18.4 Å². The molecule has 0 aromatic heterocycles. The summed E-state index contributed by atoms with van der Waals surface area (Å²) in [4.78, 5) is 29.4. The van der Waals surface area contributed by atoms with Crippen molar-refractivity contribution in [2.45, 2.75) is 76.9 Å². The van der Waals surface area contributed by atoms with Crippen molar-refractivity contribution in [1.29, 1.82) is 0 Å². The van der Waals surface area contributed by atoms with E-state index in [4.69, 9.17) is 0 Å². The summed E-state index contributed by atoms with van der Waals surface area (Å²) in [5, 5.41) is 3.11. The van der Waals surface area contributed by atoms with Gasteiger partial charge >= 0.3 is 0 Å². The number of anilines is 1. The fourth-order valence-electron chi connectivity index (χ4n) is 5.47. The molecule has 0 radical (unpaired) electrons. The van der Waals surface area contributed by atoms with E-state index in [9.17, 15) is 22.4 Å². The number of carbonyl (C=O) groups excluding carboxylic acids is 2. The highest BCUT2D eigenvalue weighted by Crippen LogP contribution is 2.27. The van der Waals surface area contributed by atoms with Gasteiger partial charge in [0.05, 0.1) is 11.9 Å². The van der Waals surface area contributed by atoms with Gasteiger partial charge in [0.15, 0.2) is 0 Å². The molecule has 43 heavy (non-hydrogen) atoms. The minimum atomic E-state index is -3.89. The fourth-order valence-corrected chi connectivity index (χ4v) is 6.32. The number of hydrogen-bond donors (Lipinski definition) is 1. The second kappa shape index (κ2) is 13.7. The minimum Gasteiger partial charge on any atom is -0.352 e. The monoisotopic (exact) mass is 607 g/mol. The maximum absolute atomic E-state index is 14.9. The number of sulfonamides is 1. The van der Waals surface area contributed by atoms with E-state index in [0.717, 1.165) is 47.4 Å². The molecule has 9 heteroatoms. The van der Waals surface area contributed by atoms with Gasteiger partial charge in [0, 0.05) is 24.6 Å². The fraction of sp³-hybridized carbons (Fsp3) is 0.412. The topological polar surface area (TPSA) is 86.8 Å². The average Bonchev–Trinajstić information content (AvgIpc) is 3.47. The predicted molar refractivity (Wildman–Crippen MR) is 169 cm³/mol. The zero-order valence-electron chi connectivity index (χ0n) is 25.4. The highest BCUT2D eigenvalue weighted by molar-refractivity contribution is 7.92. The molecule has 3 aromatic carbocycles. The van der Waals surface area contributed by atoms with Crippen LogP contribution >= 0.6 is 0 Å². The van der Waals surface area contributed by atoms with Crippen LogP contribution in [0.2, 0.25) is 0 Å². The summed E-state index contributed by atoms with van der Waals surface area (Å²) in [7, 11) is -3.89. The third-order valence-corrected chi connectivity index (χ3v) is 9.11. The summed E-state index contributed by atoms with van der Waals surface area (Å²) in [6.45, 7) is 5.45.